The Morgan fingerprint density at radius 3 is 2.27 bits per heavy atom. The maximum absolute atomic E-state index is 13.2. The van der Waals surface area contributed by atoms with Gasteiger partial charge >= 0.3 is 0 Å². The van der Waals surface area contributed by atoms with Crippen LogP contribution in [0.5, 0.6) is 0 Å². The van der Waals surface area contributed by atoms with Crippen LogP contribution in [0.4, 0.5) is 11.4 Å². The fourth-order valence-corrected chi connectivity index (χ4v) is 4.50. The summed E-state index contributed by atoms with van der Waals surface area (Å²) in [4.78, 5) is 48.4. The summed E-state index contributed by atoms with van der Waals surface area (Å²) in [5.41, 5.74) is 0.902. The smallest absolute Gasteiger partial charge is 0.269 e. The first-order chi connectivity index (χ1) is 17.7. The van der Waals surface area contributed by atoms with Crippen molar-refractivity contribution >= 4 is 52.1 Å². The molecule has 37 heavy (non-hydrogen) atoms. The topological polar surface area (TPSA) is 153 Å². The van der Waals surface area contributed by atoms with Gasteiger partial charge in [-0.05, 0) is 47.9 Å². The van der Waals surface area contributed by atoms with Crippen molar-refractivity contribution in [1.82, 2.24) is 4.57 Å². The number of nitrogens with zero attached hydrogens (tertiary/aromatic N) is 2. The Morgan fingerprint density at radius 2 is 1.70 bits per heavy atom. The average Bonchev–Trinajstić information content (AvgIpc) is 3.15. The fourth-order valence-electron chi connectivity index (χ4n) is 3.37. The molecule has 0 unspecified atom stereocenters. The van der Waals surface area contributed by atoms with E-state index in [4.69, 9.17) is 4.74 Å². The van der Waals surface area contributed by atoms with Gasteiger partial charge in [-0.25, -0.2) is 0 Å². The van der Waals surface area contributed by atoms with Gasteiger partial charge in [0.25, 0.3) is 11.5 Å². The molecule has 10 nitrogen and oxygen atoms in total. The second kappa shape index (κ2) is 12.4. The number of carboxylic acid groups (broad SMARTS) is 1. The van der Waals surface area contributed by atoms with Crippen molar-refractivity contribution in [2.75, 3.05) is 24.4 Å². The molecule has 0 aliphatic rings. The number of aromatic nitrogens is 1. The van der Waals surface area contributed by atoms with E-state index < -0.39 is 11.9 Å². The number of hydrogen-bond donors (Lipinski definition) is 2. The zero-order valence-corrected chi connectivity index (χ0v) is 20.9. The predicted molar refractivity (Wildman–Crippen MR) is 137 cm³/mol. The molecule has 0 aliphatic carbocycles. The highest BCUT2D eigenvalue weighted by Crippen LogP contribution is 2.11. The molecule has 2 aromatic carbocycles. The summed E-state index contributed by atoms with van der Waals surface area (Å²) >= 11 is 1.01. The molecule has 0 saturated heterocycles. The summed E-state index contributed by atoms with van der Waals surface area (Å²) in [6, 6.07) is 14.1. The number of methoxy groups -OCH3 is 1. The highest BCUT2D eigenvalue weighted by molar-refractivity contribution is 7.07. The lowest BCUT2D eigenvalue weighted by molar-refractivity contribution is -0.255. The lowest BCUT2D eigenvalue weighted by Crippen LogP contribution is -2.34. The van der Waals surface area contributed by atoms with E-state index in [-0.39, 0.29) is 39.5 Å². The van der Waals surface area contributed by atoms with E-state index in [1.807, 2.05) is 6.07 Å². The maximum atomic E-state index is 13.2. The number of nitriles is 1. The van der Waals surface area contributed by atoms with E-state index in [0.717, 1.165) is 11.3 Å². The van der Waals surface area contributed by atoms with Crippen LogP contribution < -0.4 is 30.5 Å². The van der Waals surface area contributed by atoms with Crippen LogP contribution in [0, 0.1) is 11.3 Å². The zero-order chi connectivity index (χ0) is 26.9. The fraction of sp³-hybridized carbons (Fsp3) is 0.192. The Kier molecular flexibility index (Phi) is 9.10. The molecule has 0 saturated carbocycles. The van der Waals surface area contributed by atoms with Gasteiger partial charge in [-0.1, -0.05) is 24.3 Å². The highest BCUT2D eigenvalue weighted by Gasteiger charge is 2.16. The summed E-state index contributed by atoms with van der Waals surface area (Å²) in [7, 11) is 1.53. The number of aromatic carboxylic acids is 1. The van der Waals surface area contributed by atoms with Crippen molar-refractivity contribution in [2.45, 2.75) is 19.9 Å². The number of thiazole rings is 1. The van der Waals surface area contributed by atoms with Crippen LogP contribution in [0.1, 0.15) is 29.3 Å². The summed E-state index contributed by atoms with van der Waals surface area (Å²) in [6.07, 6.45) is 2.13. The van der Waals surface area contributed by atoms with E-state index in [2.05, 4.69) is 10.6 Å². The van der Waals surface area contributed by atoms with Crippen LogP contribution in [0.15, 0.2) is 53.3 Å². The normalized spacial score (nSPS) is 12.0. The van der Waals surface area contributed by atoms with Gasteiger partial charge in [0.2, 0.25) is 5.91 Å². The summed E-state index contributed by atoms with van der Waals surface area (Å²) < 4.78 is 6.96. The number of carboxylic acids is 1. The molecule has 2 amide bonds. The molecule has 3 rings (SSSR count). The van der Waals surface area contributed by atoms with Gasteiger partial charge in [0.1, 0.15) is 10.7 Å². The summed E-state index contributed by atoms with van der Waals surface area (Å²) in [6.45, 7) is 2.01. The molecule has 11 heteroatoms. The minimum Gasteiger partial charge on any atom is -0.545 e. The van der Waals surface area contributed by atoms with Crippen LogP contribution in [0.3, 0.4) is 0 Å². The lowest BCUT2D eigenvalue weighted by Gasteiger charge is -2.07. The lowest BCUT2D eigenvalue weighted by atomic mass is 10.2. The van der Waals surface area contributed by atoms with Gasteiger partial charge in [0, 0.05) is 38.6 Å². The second-order valence-corrected chi connectivity index (χ2v) is 8.86. The highest BCUT2D eigenvalue weighted by atomic mass is 32.1. The molecule has 0 spiro atoms. The standard InChI is InChI=1S/C26H24N4O6S/c1-16(31)28-19-8-4-17(5-9-19)14-22-24(33)30(12-3-13-36-2)25(37-22)21(15-27)23(32)29-20-10-6-18(7-11-20)26(34)35/h4-11,14H,3,12-13H2,1-2H3,(H,28,31)(H,29,32)(H,34,35)/p-1/b22-14+,25-21+. The van der Waals surface area contributed by atoms with E-state index in [1.54, 1.807) is 30.3 Å². The third kappa shape index (κ3) is 7.00. The van der Waals surface area contributed by atoms with Gasteiger partial charge in [-0.2, -0.15) is 5.26 Å². The van der Waals surface area contributed by atoms with E-state index in [1.165, 1.54) is 42.9 Å². The molecule has 3 aromatic rings. The number of nitrogens with one attached hydrogen (secondary N) is 2. The average molecular weight is 520 g/mol. The Bertz CT molecular complexity index is 1530. The SMILES string of the molecule is COCCCn1c(=O)/c(=C\c2ccc(NC(C)=O)cc2)s/c1=C(\C#N)C(=O)Nc1ccc(C(=O)[O-])cc1. The van der Waals surface area contributed by atoms with Gasteiger partial charge in [-0.15, -0.1) is 11.3 Å². The first-order valence-corrected chi connectivity index (χ1v) is 11.9. The first-order valence-electron chi connectivity index (χ1n) is 11.1. The molecule has 0 atom stereocenters. The summed E-state index contributed by atoms with van der Waals surface area (Å²) in [5.74, 6) is -2.29. The van der Waals surface area contributed by atoms with E-state index in [9.17, 15) is 29.5 Å². The molecule has 1 heterocycles. The van der Waals surface area contributed by atoms with Crippen LogP contribution in [0.25, 0.3) is 11.6 Å². The number of anilines is 2. The number of ether oxygens (including phenoxy) is 1. The molecular weight excluding hydrogens is 496 g/mol. The monoisotopic (exact) mass is 519 g/mol. The molecule has 0 radical (unpaired) electrons. The van der Waals surface area contributed by atoms with Crippen molar-refractivity contribution in [3.05, 3.63) is 79.2 Å². The minimum absolute atomic E-state index is 0.0574. The molecular formula is C26H23N4O6S-. The van der Waals surface area contributed by atoms with Crippen LogP contribution in [-0.4, -0.2) is 36.1 Å². The van der Waals surface area contributed by atoms with Crippen molar-refractivity contribution in [3.8, 4) is 6.07 Å². The second-order valence-electron chi connectivity index (χ2n) is 7.83. The Labute approximate surface area is 215 Å². The number of amides is 2. The number of benzene rings is 2. The Hall–Kier alpha value is -4.53. The van der Waals surface area contributed by atoms with E-state index >= 15 is 0 Å². The maximum Gasteiger partial charge on any atom is 0.269 e. The summed E-state index contributed by atoms with van der Waals surface area (Å²) in [5, 5.41) is 26.0. The van der Waals surface area contributed by atoms with Gasteiger partial charge in [-0.3, -0.25) is 19.0 Å². The van der Waals surface area contributed by atoms with Gasteiger partial charge in [0.05, 0.1) is 10.5 Å². The number of hydrogen-bond acceptors (Lipinski definition) is 8. The molecule has 1 aromatic heterocycles. The zero-order valence-electron chi connectivity index (χ0n) is 20.1. The Morgan fingerprint density at radius 1 is 1.08 bits per heavy atom. The predicted octanol–water partition coefficient (Wildman–Crippen LogP) is 0.410. The number of carbonyl (C=O) groups is 3. The van der Waals surface area contributed by atoms with Gasteiger partial charge < -0.3 is 25.3 Å². The third-order valence-electron chi connectivity index (χ3n) is 5.10. The van der Waals surface area contributed by atoms with Crippen LogP contribution in [0.2, 0.25) is 0 Å². The van der Waals surface area contributed by atoms with Crippen LogP contribution in [-0.2, 0) is 20.9 Å². The molecule has 0 fully saturated rings. The quantitative estimate of drug-likeness (QED) is 0.388. The number of carbonyl (C=O) groups excluding carboxylic acids is 3. The van der Waals surface area contributed by atoms with Crippen molar-refractivity contribution < 1.29 is 24.2 Å². The third-order valence-corrected chi connectivity index (χ3v) is 6.23. The molecule has 190 valence electrons. The molecule has 2 N–H and O–H groups in total. The largest absolute Gasteiger partial charge is 0.545 e. The first kappa shape index (κ1) is 27.1. The van der Waals surface area contributed by atoms with Crippen molar-refractivity contribution in [1.29, 1.82) is 5.26 Å². The minimum atomic E-state index is -1.35. The van der Waals surface area contributed by atoms with Crippen LogP contribution >= 0.6 is 11.3 Å². The van der Waals surface area contributed by atoms with Gasteiger partial charge in [0.15, 0.2) is 5.57 Å². The Balaban J connectivity index is 2.05. The van der Waals surface area contributed by atoms with Crippen molar-refractivity contribution in [2.24, 2.45) is 0 Å². The van der Waals surface area contributed by atoms with E-state index in [0.29, 0.717) is 28.8 Å². The number of rotatable bonds is 9. The molecule has 0 bridgehead atoms. The molecule has 0 aliphatic heterocycles. The van der Waals surface area contributed by atoms with Crippen molar-refractivity contribution in [3.63, 3.8) is 0 Å².